The number of benzene rings is 1. The Morgan fingerprint density at radius 2 is 1.96 bits per heavy atom. The summed E-state index contributed by atoms with van der Waals surface area (Å²) >= 11 is 0. The van der Waals surface area contributed by atoms with Crippen molar-refractivity contribution in [3.05, 3.63) is 59.5 Å². The molecule has 4 nitrogen and oxygen atoms in total. The van der Waals surface area contributed by atoms with E-state index in [4.69, 9.17) is 0 Å². The highest BCUT2D eigenvalue weighted by atomic mass is 19.1. The Balaban J connectivity index is 1.79. The van der Waals surface area contributed by atoms with Crippen LogP contribution in [0.1, 0.15) is 28.8 Å². The normalized spacial score (nSPS) is 10.4. The number of nitrogens with zero attached hydrogens (tertiary/aromatic N) is 2. The van der Waals surface area contributed by atoms with E-state index in [1.54, 1.807) is 30.5 Å². The average molecular weight is 315 g/mol. The fourth-order valence-corrected chi connectivity index (χ4v) is 2.37. The standard InChI is InChI=1S/C18H22FN3O/c1-22(2)17-15(10-7-13-20-17)18(23)21-12-6-5-9-14-8-3-4-11-16(14)19/h3-4,7-8,10-11,13H,5-6,9,12H2,1-2H3,(H,21,23). The number of aromatic nitrogens is 1. The predicted octanol–water partition coefficient (Wildman–Crippen LogP) is 3.04. The number of aryl methyl sites for hydroxylation is 1. The second kappa shape index (κ2) is 8.27. The van der Waals surface area contributed by atoms with Crippen molar-refractivity contribution in [1.82, 2.24) is 10.3 Å². The Morgan fingerprint density at radius 3 is 2.70 bits per heavy atom. The molecular formula is C18H22FN3O. The first-order chi connectivity index (χ1) is 11.1. The lowest BCUT2D eigenvalue weighted by Gasteiger charge is -2.15. The van der Waals surface area contributed by atoms with E-state index in [-0.39, 0.29) is 11.7 Å². The number of halogens is 1. The third kappa shape index (κ3) is 4.77. The van der Waals surface area contributed by atoms with Crippen LogP contribution in [0.15, 0.2) is 42.6 Å². The molecule has 2 rings (SSSR count). The number of carbonyl (C=O) groups excluding carboxylic acids is 1. The number of hydrogen-bond acceptors (Lipinski definition) is 3. The van der Waals surface area contributed by atoms with Crippen molar-refractivity contribution in [2.24, 2.45) is 0 Å². The van der Waals surface area contributed by atoms with Crippen LogP contribution >= 0.6 is 0 Å². The predicted molar refractivity (Wildman–Crippen MR) is 90.2 cm³/mol. The van der Waals surface area contributed by atoms with Crippen LogP contribution in [0.2, 0.25) is 0 Å². The van der Waals surface area contributed by atoms with E-state index in [0.717, 1.165) is 18.4 Å². The minimum Gasteiger partial charge on any atom is -0.362 e. The summed E-state index contributed by atoms with van der Waals surface area (Å²) in [5.41, 5.74) is 1.28. The van der Waals surface area contributed by atoms with Gasteiger partial charge in [-0.2, -0.15) is 0 Å². The monoisotopic (exact) mass is 315 g/mol. The third-order valence-corrected chi connectivity index (χ3v) is 3.57. The van der Waals surface area contributed by atoms with Crippen LogP contribution in [0.3, 0.4) is 0 Å². The Kier molecular flexibility index (Phi) is 6.09. The van der Waals surface area contributed by atoms with Crippen LogP contribution < -0.4 is 10.2 Å². The highest BCUT2D eigenvalue weighted by molar-refractivity contribution is 5.98. The largest absolute Gasteiger partial charge is 0.362 e. The number of amides is 1. The van der Waals surface area contributed by atoms with Crippen LogP contribution in [0.5, 0.6) is 0 Å². The minimum absolute atomic E-state index is 0.132. The van der Waals surface area contributed by atoms with Gasteiger partial charge in [-0.3, -0.25) is 4.79 Å². The van der Waals surface area contributed by atoms with Crippen molar-refractivity contribution < 1.29 is 9.18 Å². The molecule has 5 heteroatoms. The first-order valence-corrected chi connectivity index (χ1v) is 7.73. The summed E-state index contributed by atoms with van der Waals surface area (Å²) in [6.45, 7) is 0.565. The average Bonchev–Trinajstić information content (AvgIpc) is 2.56. The van der Waals surface area contributed by atoms with Gasteiger partial charge in [0.2, 0.25) is 0 Å². The third-order valence-electron chi connectivity index (χ3n) is 3.57. The quantitative estimate of drug-likeness (QED) is 0.799. The molecule has 1 amide bonds. The number of pyridine rings is 1. The first-order valence-electron chi connectivity index (χ1n) is 7.73. The summed E-state index contributed by atoms with van der Waals surface area (Å²) < 4.78 is 13.5. The molecule has 0 unspecified atom stereocenters. The van der Waals surface area contributed by atoms with Gasteiger partial charge in [0, 0.05) is 26.8 Å². The van der Waals surface area contributed by atoms with E-state index in [1.165, 1.54) is 6.07 Å². The molecule has 0 aliphatic carbocycles. The van der Waals surface area contributed by atoms with Crippen molar-refractivity contribution >= 4 is 11.7 Å². The molecule has 0 saturated heterocycles. The van der Waals surface area contributed by atoms with Crippen LogP contribution in [-0.2, 0) is 6.42 Å². The van der Waals surface area contributed by atoms with Crippen LogP contribution in [0.4, 0.5) is 10.2 Å². The molecule has 1 aromatic heterocycles. The van der Waals surface area contributed by atoms with E-state index < -0.39 is 0 Å². The lowest BCUT2D eigenvalue weighted by molar-refractivity contribution is 0.0953. The Hall–Kier alpha value is -2.43. The van der Waals surface area contributed by atoms with Gasteiger partial charge in [-0.1, -0.05) is 18.2 Å². The maximum Gasteiger partial charge on any atom is 0.255 e. The number of unbranched alkanes of at least 4 members (excludes halogenated alkanes) is 1. The SMILES string of the molecule is CN(C)c1ncccc1C(=O)NCCCCc1ccccc1F. The lowest BCUT2D eigenvalue weighted by atomic mass is 10.1. The summed E-state index contributed by atoms with van der Waals surface area (Å²) in [5, 5.41) is 2.90. The van der Waals surface area contributed by atoms with Gasteiger partial charge in [-0.25, -0.2) is 9.37 Å². The second-order valence-electron chi connectivity index (χ2n) is 5.57. The molecule has 0 spiro atoms. The molecule has 1 N–H and O–H groups in total. The van der Waals surface area contributed by atoms with Crippen LogP contribution in [-0.4, -0.2) is 31.5 Å². The van der Waals surface area contributed by atoms with Gasteiger partial charge in [-0.15, -0.1) is 0 Å². The van der Waals surface area contributed by atoms with Crippen molar-refractivity contribution in [3.63, 3.8) is 0 Å². The van der Waals surface area contributed by atoms with Gasteiger partial charge in [-0.05, 0) is 43.0 Å². The number of carbonyl (C=O) groups is 1. The Labute approximate surface area is 136 Å². The molecular weight excluding hydrogens is 293 g/mol. The van der Waals surface area contributed by atoms with Crippen LogP contribution in [0.25, 0.3) is 0 Å². The molecule has 23 heavy (non-hydrogen) atoms. The molecule has 1 aromatic carbocycles. The number of hydrogen-bond donors (Lipinski definition) is 1. The fourth-order valence-electron chi connectivity index (χ4n) is 2.37. The molecule has 1 heterocycles. The zero-order valence-corrected chi connectivity index (χ0v) is 13.6. The number of anilines is 1. The molecule has 122 valence electrons. The molecule has 0 aliphatic rings. The van der Waals surface area contributed by atoms with E-state index in [1.807, 2.05) is 25.1 Å². The van der Waals surface area contributed by atoms with Crippen molar-refractivity contribution in [2.45, 2.75) is 19.3 Å². The zero-order valence-electron chi connectivity index (χ0n) is 13.6. The first kappa shape index (κ1) is 16.9. The van der Waals surface area contributed by atoms with Gasteiger partial charge in [0.25, 0.3) is 5.91 Å². The van der Waals surface area contributed by atoms with E-state index in [0.29, 0.717) is 24.3 Å². The Morgan fingerprint density at radius 1 is 1.17 bits per heavy atom. The molecule has 0 fully saturated rings. The fraction of sp³-hybridized carbons (Fsp3) is 0.333. The lowest BCUT2D eigenvalue weighted by Crippen LogP contribution is -2.27. The van der Waals surface area contributed by atoms with Crippen LogP contribution in [0, 0.1) is 5.82 Å². The summed E-state index contributed by atoms with van der Waals surface area (Å²) in [6, 6.07) is 10.3. The second-order valence-corrected chi connectivity index (χ2v) is 5.57. The van der Waals surface area contributed by atoms with Gasteiger partial charge in [0.15, 0.2) is 0 Å². The summed E-state index contributed by atoms with van der Waals surface area (Å²) in [7, 11) is 3.71. The number of rotatable bonds is 7. The van der Waals surface area contributed by atoms with E-state index in [2.05, 4.69) is 10.3 Å². The van der Waals surface area contributed by atoms with E-state index >= 15 is 0 Å². The van der Waals surface area contributed by atoms with E-state index in [9.17, 15) is 9.18 Å². The smallest absolute Gasteiger partial charge is 0.255 e. The van der Waals surface area contributed by atoms with Gasteiger partial charge in [0.05, 0.1) is 5.56 Å². The summed E-state index contributed by atoms with van der Waals surface area (Å²) in [5.74, 6) is 0.353. The van der Waals surface area contributed by atoms with Crippen molar-refractivity contribution in [1.29, 1.82) is 0 Å². The summed E-state index contributed by atoms with van der Waals surface area (Å²) in [6.07, 6.45) is 3.98. The van der Waals surface area contributed by atoms with Gasteiger partial charge in [0.1, 0.15) is 11.6 Å². The zero-order chi connectivity index (χ0) is 16.7. The molecule has 0 bridgehead atoms. The van der Waals surface area contributed by atoms with Crippen molar-refractivity contribution in [3.8, 4) is 0 Å². The minimum atomic E-state index is -0.164. The molecule has 0 aliphatic heterocycles. The Bertz CT molecular complexity index is 658. The molecule has 0 atom stereocenters. The molecule has 2 aromatic rings. The number of nitrogens with one attached hydrogen (secondary N) is 1. The van der Waals surface area contributed by atoms with Gasteiger partial charge >= 0.3 is 0 Å². The van der Waals surface area contributed by atoms with Crippen molar-refractivity contribution in [2.75, 3.05) is 25.5 Å². The summed E-state index contributed by atoms with van der Waals surface area (Å²) in [4.78, 5) is 18.2. The topological polar surface area (TPSA) is 45.2 Å². The molecule has 0 radical (unpaired) electrons. The highest BCUT2D eigenvalue weighted by Gasteiger charge is 2.12. The maximum atomic E-state index is 13.5. The highest BCUT2D eigenvalue weighted by Crippen LogP contribution is 2.14. The van der Waals surface area contributed by atoms with Gasteiger partial charge < -0.3 is 10.2 Å². The molecule has 0 saturated carbocycles. The maximum absolute atomic E-state index is 13.5.